The molecule has 37 heavy (non-hydrogen) atoms. The standard InChI is InChI=1S/C27H30N6O4/c1-31-27(36)23(29-24-8-7-21(18-28-24)26(35)33-11-13-37-14-12-33)17-22(30-31)20-6-4-5-19(15-20)16-25(34)32-9-2-3-10-32/h4-8,15,17-18H,2-3,9-14,16H2,1H3,(H,28,29). The summed E-state index contributed by atoms with van der Waals surface area (Å²) in [6.07, 6.45) is 3.97. The fraction of sp³-hybridized carbons (Fsp3) is 0.370. The number of carbonyl (C=O) groups excluding carboxylic acids is 2. The lowest BCUT2D eigenvalue weighted by atomic mass is 10.0. The van der Waals surface area contributed by atoms with E-state index < -0.39 is 0 Å². The molecule has 192 valence electrons. The highest BCUT2D eigenvalue weighted by atomic mass is 16.5. The molecule has 2 aromatic heterocycles. The van der Waals surface area contributed by atoms with Crippen LogP contribution in [-0.4, -0.2) is 75.8 Å². The smallest absolute Gasteiger partial charge is 0.290 e. The van der Waals surface area contributed by atoms with E-state index in [1.807, 2.05) is 29.2 Å². The van der Waals surface area contributed by atoms with Crippen molar-refractivity contribution in [3.63, 3.8) is 0 Å². The Hall–Kier alpha value is -4.05. The van der Waals surface area contributed by atoms with Gasteiger partial charge in [0.2, 0.25) is 5.91 Å². The van der Waals surface area contributed by atoms with E-state index in [1.165, 1.54) is 10.9 Å². The van der Waals surface area contributed by atoms with Gasteiger partial charge in [-0.1, -0.05) is 18.2 Å². The van der Waals surface area contributed by atoms with Crippen LogP contribution in [0.5, 0.6) is 0 Å². The van der Waals surface area contributed by atoms with Crippen molar-refractivity contribution in [1.82, 2.24) is 24.6 Å². The van der Waals surface area contributed by atoms with Crippen LogP contribution in [0, 0.1) is 0 Å². The molecule has 2 aliphatic heterocycles. The first kappa shape index (κ1) is 24.6. The molecule has 10 nitrogen and oxygen atoms in total. The number of rotatable bonds is 6. The Kier molecular flexibility index (Phi) is 7.27. The first-order valence-electron chi connectivity index (χ1n) is 12.5. The number of amides is 2. The Bertz CT molecular complexity index is 1340. The van der Waals surface area contributed by atoms with Gasteiger partial charge in [-0.05, 0) is 42.7 Å². The topological polar surface area (TPSA) is 110 Å². The lowest BCUT2D eigenvalue weighted by molar-refractivity contribution is -0.129. The SMILES string of the molecule is Cn1nc(-c2cccc(CC(=O)N3CCCC3)c2)cc(Nc2ccc(C(=O)N3CCOCC3)cn2)c1=O. The highest BCUT2D eigenvalue weighted by Crippen LogP contribution is 2.22. The van der Waals surface area contributed by atoms with Crippen molar-refractivity contribution in [1.29, 1.82) is 0 Å². The lowest BCUT2D eigenvalue weighted by Gasteiger charge is -2.26. The minimum Gasteiger partial charge on any atom is -0.378 e. The third kappa shape index (κ3) is 5.69. The Morgan fingerprint density at radius 1 is 1.00 bits per heavy atom. The highest BCUT2D eigenvalue weighted by molar-refractivity contribution is 5.94. The van der Waals surface area contributed by atoms with Crippen LogP contribution in [0.4, 0.5) is 11.5 Å². The number of hydrogen-bond donors (Lipinski definition) is 1. The molecule has 2 fully saturated rings. The first-order valence-corrected chi connectivity index (χ1v) is 12.5. The van der Waals surface area contributed by atoms with Gasteiger partial charge in [0.1, 0.15) is 11.5 Å². The monoisotopic (exact) mass is 502 g/mol. The van der Waals surface area contributed by atoms with Crippen LogP contribution in [0.1, 0.15) is 28.8 Å². The van der Waals surface area contributed by atoms with Gasteiger partial charge in [-0.15, -0.1) is 0 Å². The number of benzene rings is 1. The fourth-order valence-corrected chi connectivity index (χ4v) is 4.61. The summed E-state index contributed by atoms with van der Waals surface area (Å²) in [5.74, 6) is 0.484. The number of carbonyl (C=O) groups is 2. The molecular weight excluding hydrogens is 472 g/mol. The van der Waals surface area contributed by atoms with Crippen molar-refractivity contribution < 1.29 is 14.3 Å². The van der Waals surface area contributed by atoms with Gasteiger partial charge in [0.05, 0.1) is 30.9 Å². The quantitative estimate of drug-likeness (QED) is 0.550. The van der Waals surface area contributed by atoms with Crippen molar-refractivity contribution in [3.8, 4) is 11.3 Å². The number of hydrogen-bond acceptors (Lipinski definition) is 7. The zero-order chi connectivity index (χ0) is 25.8. The first-order chi connectivity index (χ1) is 18.0. The number of nitrogens with one attached hydrogen (secondary N) is 1. The van der Waals surface area contributed by atoms with E-state index >= 15 is 0 Å². The largest absolute Gasteiger partial charge is 0.378 e. The molecule has 2 aliphatic rings. The molecule has 2 amide bonds. The molecule has 4 heterocycles. The number of morpholine rings is 1. The molecule has 2 saturated heterocycles. The second kappa shape index (κ2) is 10.9. The van der Waals surface area contributed by atoms with Gasteiger partial charge in [-0.25, -0.2) is 9.67 Å². The number of nitrogens with zero attached hydrogens (tertiary/aromatic N) is 5. The van der Waals surface area contributed by atoms with Crippen molar-refractivity contribution in [2.75, 3.05) is 44.7 Å². The number of likely N-dealkylation sites (tertiary alicyclic amines) is 1. The molecule has 3 aromatic rings. The van der Waals surface area contributed by atoms with Gasteiger partial charge in [0, 0.05) is 45.0 Å². The molecule has 0 spiro atoms. The van der Waals surface area contributed by atoms with Crippen LogP contribution in [-0.2, 0) is 23.0 Å². The van der Waals surface area contributed by atoms with Crippen molar-refractivity contribution in [2.24, 2.45) is 7.05 Å². The van der Waals surface area contributed by atoms with Crippen molar-refractivity contribution in [2.45, 2.75) is 19.3 Å². The van der Waals surface area contributed by atoms with E-state index in [1.54, 1.807) is 30.1 Å². The minimum atomic E-state index is -0.306. The normalized spacial score (nSPS) is 15.6. The maximum atomic E-state index is 12.8. The van der Waals surface area contributed by atoms with Gasteiger partial charge in [0.25, 0.3) is 11.5 Å². The Morgan fingerprint density at radius 2 is 1.78 bits per heavy atom. The maximum Gasteiger partial charge on any atom is 0.290 e. The molecule has 0 atom stereocenters. The minimum absolute atomic E-state index is 0.0902. The second-order valence-electron chi connectivity index (χ2n) is 9.30. The van der Waals surface area contributed by atoms with E-state index in [2.05, 4.69) is 15.4 Å². The third-order valence-corrected chi connectivity index (χ3v) is 6.67. The summed E-state index contributed by atoms with van der Waals surface area (Å²) < 4.78 is 6.58. The van der Waals surface area contributed by atoms with Gasteiger partial charge in [0.15, 0.2) is 0 Å². The van der Waals surface area contributed by atoms with E-state index in [9.17, 15) is 14.4 Å². The van der Waals surface area contributed by atoms with Crippen molar-refractivity contribution >= 4 is 23.3 Å². The Morgan fingerprint density at radius 3 is 2.51 bits per heavy atom. The van der Waals surface area contributed by atoms with Crippen LogP contribution in [0.3, 0.4) is 0 Å². The summed E-state index contributed by atoms with van der Waals surface area (Å²) in [7, 11) is 1.59. The zero-order valence-electron chi connectivity index (χ0n) is 20.9. The number of aromatic nitrogens is 3. The van der Waals surface area contributed by atoms with Gasteiger partial charge in [-0.3, -0.25) is 14.4 Å². The number of pyridine rings is 1. The average Bonchev–Trinajstić information content (AvgIpc) is 3.47. The molecule has 5 rings (SSSR count). The second-order valence-corrected chi connectivity index (χ2v) is 9.30. The average molecular weight is 503 g/mol. The Labute approximate surface area is 214 Å². The van der Waals surface area contributed by atoms with Gasteiger partial charge < -0.3 is 19.9 Å². The van der Waals surface area contributed by atoms with E-state index in [4.69, 9.17) is 4.74 Å². The summed E-state index contributed by atoms with van der Waals surface area (Å²) >= 11 is 0. The molecule has 0 saturated carbocycles. The van der Waals surface area contributed by atoms with E-state index in [0.29, 0.717) is 55.5 Å². The zero-order valence-corrected chi connectivity index (χ0v) is 20.9. The summed E-state index contributed by atoms with van der Waals surface area (Å²) in [5, 5.41) is 7.48. The molecule has 0 unspecified atom stereocenters. The number of aryl methyl sites for hydroxylation is 1. The predicted octanol–water partition coefficient (Wildman–Crippen LogP) is 2.22. The lowest BCUT2D eigenvalue weighted by Crippen LogP contribution is -2.40. The van der Waals surface area contributed by atoms with Crippen LogP contribution in [0.15, 0.2) is 53.5 Å². The predicted molar refractivity (Wildman–Crippen MR) is 139 cm³/mol. The van der Waals surface area contributed by atoms with Gasteiger partial charge in [-0.2, -0.15) is 5.10 Å². The molecule has 10 heteroatoms. The number of ether oxygens (including phenoxy) is 1. The van der Waals surface area contributed by atoms with Crippen LogP contribution in [0.2, 0.25) is 0 Å². The van der Waals surface area contributed by atoms with Crippen molar-refractivity contribution in [3.05, 3.63) is 70.1 Å². The van der Waals surface area contributed by atoms with Crippen LogP contribution < -0.4 is 10.9 Å². The Balaban J connectivity index is 1.33. The summed E-state index contributed by atoms with van der Waals surface area (Å²) in [6.45, 7) is 3.83. The summed E-state index contributed by atoms with van der Waals surface area (Å²) in [6, 6.07) is 12.7. The maximum absolute atomic E-state index is 12.8. The molecule has 0 aliphatic carbocycles. The molecule has 1 N–H and O–H groups in total. The van der Waals surface area contributed by atoms with Crippen LogP contribution in [0.25, 0.3) is 11.3 Å². The van der Waals surface area contributed by atoms with Gasteiger partial charge >= 0.3 is 0 Å². The molecule has 1 aromatic carbocycles. The summed E-state index contributed by atoms with van der Waals surface area (Å²) in [5.41, 5.74) is 2.80. The molecular formula is C27H30N6O4. The third-order valence-electron chi connectivity index (χ3n) is 6.67. The fourth-order valence-electron chi connectivity index (χ4n) is 4.61. The van der Waals surface area contributed by atoms with E-state index in [0.717, 1.165) is 37.1 Å². The molecule has 0 radical (unpaired) electrons. The molecule has 0 bridgehead atoms. The number of anilines is 2. The summed E-state index contributed by atoms with van der Waals surface area (Å²) in [4.78, 5) is 46.0. The highest BCUT2D eigenvalue weighted by Gasteiger charge is 2.20. The van der Waals surface area contributed by atoms with E-state index in [-0.39, 0.29) is 17.4 Å². The van der Waals surface area contributed by atoms with Crippen LogP contribution >= 0.6 is 0 Å².